The van der Waals surface area contributed by atoms with Gasteiger partial charge in [-0.1, -0.05) is 12.2 Å². The van der Waals surface area contributed by atoms with Crippen molar-refractivity contribution in [3.8, 4) is 0 Å². The molecule has 13 heteroatoms. The standard InChI is InChI=1S/C11H18N5O6PS/c1-19-3-7(4-22-23(18,24)20-2)21-6-16-5-13-8-9(16)14-11(12)15-10(8)17/h5,7H,3-4,6H2,1-2H3,(H,18,24)(H3,12,14,15,17). The Morgan fingerprint density at radius 2 is 2.21 bits per heavy atom. The Hall–Kier alpha value is -1.43. The van der Waals surface area contributed by atoms with Crippen molar-refractivity contribution in [1.29, 1.82) is 0 Å². The fourth-order valence-electron chi connectivity index (χ4n) is 1.81. The molecule has 134 valence electrons. The highest BCUT2D eigenvalue weighted by atomic mass is 32.7. The van der Waals surface area contributed by atoms with Crippen molar-refractivity contribution in [3.63, 3.8) is 0 Å². The summed E-state index contributed by atoms with van der Waals surface area (Å²) >= 11 is 3.77. The number of nitrogens with two attached hydrogens (primary N) is 1. The number of ether oxygens (including phenoxy) is 2. The first-order valence-corrected chi connectivity index (χ1v) is 9.40. The summed E-state index contributed by atoms with van der Waals surface area (Å²) < 4.78 is 33.5. The minimum atomic E-state index is -3.42. The van der Waals surface area contributed by atoms with Gasteiger partial charge >= 0.3 is 6.80 Å². The molecule has 2 aromatic heterocycles. The molecule has 0 radical (unpaired) electrons. The smallest absolute Gasteiger partial charge is 0.382 e. The van der Waals surface area contributed by atoms with Crippen molar-refractivity contribution in [2.24, 2.45) is 0 Å². The minimum absolute atomic E-state index is 0.00757. The van der Waals surface area contributed by atoms with Gasteiger partial charge in [-0.15, -0.1) is 0 Å². The van der Waals surface area contributed by atoms with E-state index in [0.717, 1.165) is 0 Å². The second-order valence-corrected chi connectivity index (χ2v) is 7.69. The molecule has 24 heavy (non-hydrogen) atoms. The molecular weight excluding hydrogens is 361 g/mol. The molecule has 2 atom stereocenters. The number of nitrogen functional groups attached to an aromatic ring is 1. The van der Waals surface area contributed by atoms with Gasteiger partial charge in [0.1, 0.15) is 12.8 Å². The van der Waals surface area contributed by atoms with Crippen LogP contribution in [0, 0.1) is 0 Å². The monoisotopic (exact) mass is 379 g/mol. The molecule has 2 unspecified atom stereocenters. The van der Waals surface area contributed by atoms with E-state index in [9.17, 15) is 9.36 Å². The number of nitrogens with one attached hydrogen (secondary N) is 1. The van der Waals surface area contributed by atoms with Gasteiger partial charge in [-0.2, -0.15) is 4.98 Å². The second-order valence-electron chi connectivity index (χ2n) is 4.66. The molecule has 0 aromatic carbocycles. The predicted molar refractivity (Wildman–Crippen MR) is 88.9 cm³/mol. The Balaban J connectivity index is 2.06. The zero-order valence-electron chi connectivity index (χ0n) is 13.0. The zero-order chi connectivity index (χ0) is 17.7. The van der Waals surface area contributed by atoms with Crippen LogP contribution in [0.15, 0.2) is 11.1 Å². The van der Waals surface area contributed by atoms with E-state index in [4.69, 9.17) is 19.7 Å². The molecule has 0 saturated heterocycles. The lowest BCUT2D eigenvalue weighted by Crippen LogP contribution is -2.25. The number of methoxy groups -OCH3 is 1. The fourth-order valence-corrected chi connectivity index (χ4v) is 2.47. The Morgan fingerprint density at radius 3 is 2.88 bits per heavy atom. The normalized spacial score (nSPS) is 15.5. The van der Waals surface area contributed by atoms with Crippen LogP contribution in [0.1, 0.15) is 0 Å². The minimum Gasteiger partial charge on any atom is -0.382 e. The van der Waals surface area contributed by atoms with E-state index in [0.29, 0.717) is 0 Å². The number of H-pyrrole nitrogens is 1. The van der Waals surface area contributed by atoms with Gasteiger partial charge in [0.15, 0.2) is 11.2 Å². The highest BCUT2D eigenvalue weighted by molar-refractivity contribution is 8.44. The van der Waals surface area contributed by atoms with Gasteiger partial charge in [0, 0.05) is 14.2 Å². The topological polar surface area (TPSA) is 144 Å². The van der Waals surface area contributed by atoms with Crippen LogP contribution in [0.4, 0.5) is 5.95 Å². The summed E-state index contributed by atoms with van der Waals surface area (Å²) in [5.74, 6) is -0.0258. The molecule has 0 aliphatic heterocycles. The summed E-state index contributed by atoms with van der Waals surface area (Å²) in [6, 6.07) is 0. The Kier molecular flexibility index (Phi) is 6.38. The summed E-state index contributed by atoms with van der Waals surface area (Å²) in [4.78, 5) is 22.1. The first-order valence-electron chi connectivity index (χ1n) is 6.70. The van der Waals surface area contributed by atoms with Crippen LogP contribution < -0.4 is 11.3 Å². The van der Waals surface area contributed by atoms with Gasteiger partial charge in [-0.05, 0) is 0 Å². The van der Waals surface area contributed by atoms with E-state index in [1.54, 1.807) is 0 Å². The van der Waals surface area contributed by atoms with Gasteiger partial charge in [0.25, 0.3) is 5.56 Å². The van der Waals surface area contributed by atoms with Crippen LogP contribution >= 0.6 is 19.0 Å². The van der Waals surface area contributed by atoms with Crippen LogP contribution in [0.3, 0.4) is 0 Å². The van der Waals surface area contributed by atoms with Gasteiger partial charge in [0.05, 0.1) is 19.5 Å². The third-order valence-corrected chi connectivity index (χ3v) is 4.72. The number of thiol groups is 1. The molecule has 0 spiro atoms. The van der Waals surface area contributed by atoms with Crippen molar-refractivity contribution in [3.05, 3.63) is 16.7 Å². The summed E-state index contributed by atoms with van der Waals surface area (Å²) in [6.45, 7) is -3.30. The molecule has 0 fully saturated rings. The molecule has 0 amide bonds. The number of aromatic nitrogens is 4. The Morgan fingerprint density at radius 1 is 1.46 bits per heavy atom. The number of aromatic amines is 1. The quantitative estimate of drug-likeness (QED) is 0.416. The molecule has 2 rings (SSSR count). The third kappa shape index (κ3) is 4.79. The average molecular weight is 379 g/mol. The lowest BCUT2D eigenvalue weighted by Gasteiger charge is -2.19. The molecular formula is C11H18N5O6PS. The van der Waals surface area contributed by atoms with E-state index < -0.39 is 18.5 Å². The summed E-state index contributed by atoms with van der Waals surface area (Å²) in [7, 11) is 2.71. The molecule has 0 aliphatic rings. The first-order chi connectivity index (χ1) is 11.4. The molecule has 0 bridgehead atoms. The zero-order valence-corrected chi connectivity index (χ0v) is 14.8. The number of fused-ring (bicyclic) bond motifs is 1. The second kappa shape index (κ2) is 8.10. The van der Waals surface area contributed by atoms with Gasteiger partial charge in [0.2, 0.25) is 5.95 Å². The number of rotatable bonds is 9. The molecule has 2 aromatic rings. The summed E-state index contributed by atoms with van der Waals surface area (Å²) in [5, 5.41) is 0. The highest BCUT2D eigenvalue weighted by Gasteiger charge is 2.20. The largest absolute Gasteiger partial charge is 0.385 e. The van der Waals surface area contributed by atoms with Crippen LogP contribution in [0.25, 0.3) is 11.2 Å². The van der Waals surface area contributed by atoms with Crippen molar-refractivity contribution in [2.45, 2.75) is 12.8 Å². The van der Waals surface area contributed by atoms with E-state index in [-0.39, 0.29) is 37.1 Å². The summed E-state index contributed by atoms with van der Waals surface area (Å²) in [5.41, 5.74) is 5.51. The Bertz CT molecular complexity index is 795. The van der Waals surface area contributed by atoms with Crippen LogP contribution in [0.2, 0.25) is 0 Å². The van der Waals surface area contributed by atoms with E-state index in [1.165, 1.54) is 25.1 Å². The maximum atomic E-state index is 11.7. The van der Waals surface area contributed by atoms with E-state index >= 15 is 0 Å². The SMILES string of the molecule is COCC(COP(=O)(S)OC)OCn1cnc2c(=O)[nH]c(N)nc21. The number of imidazole rings is 1. The number of anilines is 1. The molecule has 0 saturated carbocycles. The Labute approximate surface area is 142 Å². The predicted octanol–water partition coefficient (Wildman–Crippen LogP) is 0.392. The highest BCUT2D eigenvalue weighted by Crippen LogP contribution is 2.52. The lowest BCUT2D eigenvalue weighted by atomic mass is 10.4. The fraction of sp³-hybridized carbons (Fsp3) is 0.545. The van der Waals surface area contributed by atoms with Gasteiger partial charge < -0.3 is 19.7 Å². The van der Waals surface area contributed by atoms with E-state index in [1.807, 2.05) is 0 Å². The molecule has 2 heterocycles. The number of hydrogen-bond donors (Lipinski definition) is 3. The lowest BCUT2D eigenvalue weighted by molar-refractivity contribution is -0.0538. The summed E-state index contributed by atoms with van der Waals surface area (Å²) in [6.07, 6.45) is 0.845. The van der Waals surface area contributed by atoms with E-state index in [2.05, 4.69) is 31.7 Å². The van der Waals surface area contributed by atoms with Crippen molar-refractivity contribution in [2.75, 3.05) is 33.2 Å². The molecule has 11 nitrogen and oxygen atoms in total. The van der Waals surface area contributed by atoms with Gasteiger partial charge in [-0.3, -0.25) is 18.9 Å². The van der Waals surface area contributed by atoms with Crippen LogP contribution in [-0.4, -0.2) is 53.1 Å². The first kappa shape index (κ1) is 18.9. The molecule has 0 aliphatic carbocycles. The van der Waals surface area contributed by atoms with Crippen molar-refractivity contribution >= 4 is 36.2 Å². The molecule has 3 N–H and O–H groups in total. The number of nitrogens with zero attached hydrogens (tertiary/aromatic N) is 3. The van der Waals surface area contributed by atoms with Crippen molar-refractivity contribution in [1.82, 2.24) is 19.5 Å². The third-order valence-electron chi connectivity index (χ3n) is 2.95. The van der Waals surface area contributed by atoms with Crippen LogP contribution in [0.5, 0.6) is 0 Å². The maximum absolute atomic E-state index is 11.7. The average Bonchev–Trinajstić information content (AvgIpc) is 2.93. The van der Waals surface area contributed by atoms with Crippen LogP contribution in [-0.2, 0) is 29.8 Å². The van der Waals surface area contributed by atoms with Gasteiger partial charge in [-0.25, -0.2) is 9.55 Å². The number of hydrogen-bond acceptors (Lipinski definition) is 9. The van der Waals surface area contributed by atoms with Crippen molar-refractivity contribution < 1.29 is 23.1 Å². The maximum Gasteiger partial charge on any atom is 0.385 e.